The third-order valence-electron chi connectivity index (χ3n) is 7.77. The van der Waals surface area contributed by atoms with E-state index in [1.54, 1.807) is 26.2 Å². The van der Waals surface area contributed by atoms with Gasteiger partial charge in [0.05, 0.1) is 5.41 Å². The van der Waals surface area contributed by atoms with Crippen LogP contribution >= 0.6 is 0 Å². The smallest absolute Gasteiger partial charge is 0.273 e. The number of carbonyl (C=O) groups is 1. The van der Waals surface area contributed by atoms with E-state index in [4.69, 9.17) is 0 Å². The molecule has 0 saturated carbocycles. The maximum Gasteiger partial charge on any atom is 0.273 e. The van der Waals surface area contributed by atoms with Crippen LogP contribution in [0.3, 0.4) is 0 Å². The lowest BCUT2D eigenvalue weighted by Crippen LogP contribution is -2.47. The Bertz CT molecular complexity index is 1720. The first-order chi connectivity index (χ1) is 19.8. The topological polar surface area (TPSA) is 127 Å². The van der Waals surface area contributed by atoms with Gasteiger partial charge in [-0.15, -0.1) is 5.10 Å². The second-order valence-corrected chi connectivity index (χ2v) is 11.0. The van der Waals surface area contributed by atoms with Gasteiger partial charge in [-0.3, -0.25) is 30.3 Å². The molecule has 204 valence electrons. The molecule has 0 unspecified atom stereocenters. The molecule has 0 saturated heterocycles. The maximum atomic E-state index is 13.6. The fourth-order valence-electron chi connectivity index (χ4n) is 5.77. The number of nitro groups is 1. The van der Waals surface area contributed by atoms with Gasteiger partial charge < -0.3 is 0 Å². The number of H-pyrrole nitrogens is 1. The Hall–Kier alpha value is -5.18. The summed E-state index contributed by atoms with van der Waals surface area (Å²) in [5.41, 5.74) is 3.04. The molecule has 1 amide bonds. The van der Waals surface area contributed by atoms with Crippen molar-refractivity contribution in [2.45, 2.75) is 32.2 Å². The minimum absolute atomic E-state index is 0.0443. The van der Waals surface area contributed by atoms with E-state index >= 15 is 0 Å². The minimum Gasteiger partial charge on any atom is -0.293 e. The summed E-state index contributed by atoms with van der Waals surface area (Å²) in [4.78, 5) is 35.1. The highest BCUT2D eigenvalue weighted by atomic mass is 16.6. The molecular weight excluding hydrogens is 516 g/mol. The highest BCUT2D eigenvalue weighted by Gasteiger charge is 2.55. The van der Waals surface area contributed by atoms with E-state index < -0.39 is 16.9 Å². The van der Waals surface area contributed by atoms with Crippen LogP contribution < -0.4 is 5.32 Å². The van der Waals surface area contributed by atoms with E-state index in [2.05, 4.69) is 25.5 Å². The van der Waals surface area contributed by atoms with Gasteiger partial charge in [0.15, 0.2) is 5.82 Å². The Balaban J connectivity index is 1.28. The van der Waals surface area contributed by atoms with Crippen LogP contribution in [0.25, 0.3) is 22.5 Å². The molecule has 6 rings (SSSR count). The summed E-state index contributed by atoms with van der Waals surface area (Å²) in [5, 5.41) is 22.9. The molecule has 0 bridgehead atoms. The average Bonchev–Trinajstić information content (AvgIpc) is 3.46. The molecule has 0 aliphatic heterocycles. The van der Waals surface area contributed by atoms with Crippen molar-refractivity contribution in [3.8, 4) is 22.5 Å². The van der Waals surface area contributed by atoms with Gasteiger partial charge in [-0.25, -0.2) is 0 Å². The zero-order valence-electron chi connectivity index (χ0n) is 22.7. The number of aromatic nitrogens is 4. The van der Waals surface area contributed by atoms with Gasteiger partial charge in [0.25, 0.3) is 5.54 Å². The van der Waals surface area contributed by atoms with Gasteiger partial charge in [0.1, 0.15) is 0 Å². The first-order valence-corrected chi connectivity index (χ1v) is 13.3. The Morgan fingerprint density at radius 1 is 0.951 bits per heavy atom. The highest BCUT2D eigenvalue weighted by Crippen LogP contribution is 2.48. The van der Waals surface area contributed by atoms with Crippen molar-refractivity contribution in [1.29, 1.82) is 0 Å². The number of aromatic amines is 1. The van der Waals surface area contributed by atoms with E-state index in [0.29, 0.717) is 23.4 Å². The van der Waals surface area contributed by atoms with Crippen LogP contribution in [0.5, 0.6) is 0 Å². The van der Waals surface area contributed by atoms with Crippen molar-refractivity contribution >= 4 is 11.9 Å². The lowest BCUT2D eigenvalue weighted by atomic mass is 9.65. The quantitative estimate of drug-likeness (QED) is 0.191. The molecule has 1 aliphatic carbocycles. The number of anilines is 1. The molecular formula is C32H28N6O3. The van der Waals surface area contributed by atoms with Crippen molar-refractivity contribution in [1.82, 2.24) is 20.2 Å². The van der Waals surface area contributed by atoms with Gasteiger partial charge in [-0.05, 0) is 35.2 Å². The lowest BCUT2D eigenvalue weighted by Gasteiger charge is -2.37. The van der Waals surface area contributed by atoms with Gasteiger partial charge in [-0.1, -0.05) is 86.6 Å². The molecule has 0 fully saturated rings. The zero-order valence-corrected chi connectivity index (χ0v) is 22.7. The first kappa shape index (κ1) is 26.1. The molecule has 2 N–H and O–H groups in total. The third-order valence-corrected chi connectivity index (χ3v) is 7.77. The number of pyridine rings is 1. The molecule has 41 heavy (non-hydrogen) atoms. The van der Waals surface area contributed by atoms with Crippen molar-refractivity contribution in [3.05, 3.63) is 130 Å². The van der Waals surface area contributed by atoms with E-state index in [1.165, 1.54) is 0 Å². The standard InChI is InChI=1S/C32H28N6O3/c1-31(2,20-32(38(40)41)26-14-5-3-9-22(26)18-23-10-4-6-15-27(23)32)29(39)35-30-34-28(36-37-30)24-12-7-11-21(17-24)25-13-8-16-33-19-25/h3-17,19H,18,20H2,1-2H3,(H2,34,35,36,37,39). The van der Waals surface area contributed by atoms with Gasteiger partial charge >= 0.3 is 0 Å². The monoisotopic (exact) mass is 544 g/mol. The fourth-order valence-corrected chi connectivity index (χ4v) is 5.77. The van der Waals surface area contributed by atoms with E-state index in [1.807, 2.05) is 84.9 Å². The largest absolute Gasteiger partial charge is 0.293 e. The predicted molar refractivity (Wildman–Crippen MR) is 156 cm³/mol. The Morgan fingerprint density at radius 3 is 2.27 bits per heavy atom. The molecule has 3 aromatic carbocycles. The normalized spacial score (nSPS) is 13.6. The van der Waals surface area contributed by atoms with Gasteiger partial charge in [0, 0.05) is 46.0 Å². The minimum atomic E-state index is -1.58. The van der Waals surface area contributed by atoms with Crippen LogP contribution in [-0.4, -0.2) is 31.0 Å². The summed E-state index contributed by atoms with van der Waals surface area (Å²) in [5.74, 6) is 0.180. The van der Waals surface area contributed by atoms with Gasteiger partial charge in [-0.2, -0.15) is 4.98 Å². The maximum absolute atomic E-state index is 13.6. The molecule has 2 heterocycles. The first-order valence-electron chi connectivity index (χ1n) is 13.3. The van der Waals surface area contributed by atoms with E-state index in [-0.39, 0.29) is 17.3 Å². The van der Waals surface area contributed by atoms with Crippen molar-refractivity contribution in [2.24, 2.45) is 5.41 Å². The van der Waals surface area contributed by atoms with Crippen LogP contribution in [0.1, 0.15) is 42.5 Å². The van der Waals surface area contributed by atoms with Crippen LogP contribution in [0.4, 0.5) is 5.95 Å². The van der Waals surface area contributed by atoms with Crippen molar-refractivity contribution in [2.75, 3.05) is 5.32 Å². The fraction of sp³-hybridized carbons (Fsp3) is 0.188. The molecule has 9 heteroatoms. The highest BCUT2D eigenvalue weighted by molar-refractivity contribution is 5.93. The van der Waals surface area contributed by atoms with Crippen LogP contribution in [-0.2, 0) is 16.8 Å². The predicted octanol–water partition coefficient (Wildman–Crippen LogP) is 6.01. The third kappa shape index (κ3) is 4.65. The Morgan fingerprint density at radius 2 is 1.61 bits per heavy atom. The molecule has 0 atom stereocenters. The lowest BCUT2D eigenvalue weighted by molar-refractivity contribution is -0.570. The number of nitrogens with zero attached hydrogens (tertiary/aromatic N) is 4. The molecule has 0 spiro atoms. The Kier molecular flexibility index (Phi) is 6.42. The van der Waals surface area contributed by atoms with Crippen LogP contribution in [0, 0.1) is 15.5 Å². The SMILES string of the molecule is CC(C)(CC1([N+](=O)[O-])c2ccccc2Cc2ccccc21)C(=O)Nc1n[nH]c(-c2cccc(-c3cccnc3)c2)n1. The number of amides is 1. The Labute approximate surface area is 236 Å². The summed E-state index contributed by atoms with van der Waals surface area (Å²) in [6, 6.07) is 26.5. The summed E-state index contributed by atoms with van der Waals surface area (Å²) in [6.07, 6.45) is 4.07. The summed E-state index contributed by atoms with van der Waals surface area (Å²) >= 11 is 0. The molecule has 2 aromatic heterocycles. The number of carbonyl (C=O) groups excluding carboxylic acids is 1. The number of fused-ring (bicyclic) bond motifs is 2. The zero-order chi connectivity index (χ0) is 28.6. The number of hydrogen-bond acceptors (Lipinski definition) is 6. The second kappa shape index (κ2) is 10.1. The number of nitrogens with one attached hydrogen (secondary N) is 2. The molecule has 0 radical (unpaired) electrons. The number of benzene rings is 3. The number of rotatable bonds is 7. The van der Waals surface area contributed by atoms with E-state index in [0.717, 1.165) is 27.8 Å². The van der Waals surface area contributed by atoms with Crippen LogP contribution in [0.15, 0.2) is 97.3 Å². The number of hydrogen-bond donors (Lipinski definition) is 2. The summed E-state index contributed by atoms with van der Waals surface area (Å²) in [6.45, 7) is 3.44. The van der Waals surface area contributed by atoms with Crippen molar-refractivity contribution in [3.63, 3.8) is 0 Å². The van der Waals surface area contributed by atoms with Crippen molar-refractivity contribution < 1.29 is 9.72 Å². The molecule has 9 nitrogen and oxygen atoms in total. The second-order valence-electron chi connectivity index (χ2n) is 11.0. The van der Waals surface area contributed by atoms with E-state index in [9.17, 15) is 14.9 Å². The average molecular weight is 545 g/mol. The van der Waals surface area contributed by atoms with Gasteiger partial charge in [0.2, 0.25) is 11.9 Å². The summed E-state index contributed by atoms with van der Waals surface area (Å²) in [7, 11) is 0. The molecule has 1 aliphatic rings. The summed E-state index contributed by atoms with van der Waals surface area (Å²) < 4.78 is 0. The molecule has 5 aromatic rings. The van der Waals surface area contributed by atoms with Crippen LogP contribution in [0.2, 0.25) is 0 Å².